The number of benzene rings is 1. The number of methoxy groups -OCH3 is 1. The monoisotopic (exact) mass is 264 g/mol. The Balaban J connectivity index is 3.12. The van der Waals surface area contributed by atoms with E-state index < -0.39 is 5.97 Å². The highest BCUT2D eigenvalue weighted by Crippen LogP contribution is 2.24. The lowest BCUT2D eigenvalue weighted by Crippen LogP contribution is -2.34. The fraction of sp³-hybridized carbons (Fsp3) is 0.429. The van der Waals surface area contributed by atoms with Crippen molar-refractivity contribution in [1.82, 2.24) is 5.32 Å². The van der Waals surface area contributed by atoms with E-state index in [0.717, 1.165) is 11.1 Å². The molecule has 1 aromatic rings. The highest BCUT2D eigenvalue weighted by Gasteiger charge is 2.17. The van der Waals surface area contributed by atoms with E-state index in [9.17, 15) is 9.59 Å². The first kappa shape index (κ1) is 15.0. The average Bonchev–Trinajstić information content (AvgIpc) is 2.33. The number of ether oxygens (including phenoxy) is 1. The molecular weight excluding hydrogens is 244 g/mol. The molecule has 0 unspecified atom stereocenters. The van der Waals surface area contributed by atoms with E-state index in [-0.39, 0.29) is 12.1 Å². The number of hydrogen-bond donors (Lipinski definition) is 2. The molecule has 0 aliphatic rings. The van der Waals surface area contributed by atoms with Crippen LogP contribution < -0.4 is 10.6 Å². The number of urea groups is 1. The van der Waals surface area contributed by atoms with Crippen molar-refractivity contribution < 1.29 is 14.3 Å². The van der Waals surface area contributed by atoms with Crippen molar-refractivity contribution in [2.24, 2.45) is 0 Å². The van der Waals surface area contributed by atoms with Crippen LogP contribution in [0.4, 0.5) is 10.5 Å². The minimum Gasteiger partial charge on any atom is -0.465 e. The molecule has 2 N–H and O–H groups in total. The standard InChI is InChI=1S/C14H20N2O3/c1-8(2)15-14(18)16-12-10(4)9(3)6-7-11(12)13(17)19-5/h6-8H,1-5H3,(H2,15,16,18). The lowest BCUT2D eigenvalue weighted by molar-refractivity contribution is 0.0602. The van der Waals surface area contributed by atoms with Gasteiger partial charge in [0.25, 0.3) is 0 Å². The van der Waals surface area contributed by atoms with Crippen LogP contribution in [0.25, 0.3) is 0 Å². The summed E-state index contributed by atoms with van der Waals surface area (Å²) >= 11 is 0. The number of aryl methyl sites for hydroxylation is 1. The SMILES string of the molecule is COC(=O)c1ccc(C)c(C)c1NC(=O)NC(C)C. The van der Waals surface area contributed by atoms with Crippen LogP contribution in [0.15, 0.2) is 12.1 Å². The molecule has 0 radical (unpaired) electrons. The molecule has 104 valence electrons. The summed E-state index contributed by atoms with van der Waals surface area (Å²) in [4.78, 5) is 23.5. The van der Waals surface area contributed by atoms with Gasteiger partial charge in [-0.3, -0.25) is 0 Å². The van der Waals surface area contributed by atoms with Gasteiger partial charge in [0.05, 0.1) is 18.4 Å². The fourth-order valence-electron chi connectivity index (χ4n) is 1.67. The Hall–Kier alpha value is -2.04. The van der Waals surface area contributed by atoms with Gasteiger partial charge in [-0.15, -0.1) is 0 Å². The zero-order chi connectivity index (χ0) is 14.6. The molecular formula is C14H20N2O3. The zero-order valence-corrected chi connectivity index (χ0v) is 12.0. The first-order valence-electron chi connectivity index (χ1n) is 6.12. The van der Waals surface area contributed by atoms with Gasteiger partial charge in [-0.2, -0.15) is 0 Å². The van der Waals surface area contributed by atoms with Crippen LogP contribution in [0.2, 0.25) is 0 Å². The summed E-state index contributed by atoms with van der Waals surface area (Å²) in [6.07, 6.45) is 0. The third-order valence-electron chi connectivity index (χ3n) is 2.80. The molecule has 19 heavy (non-hydrogen) atoms. The summed E-state index contributed by atoms with van der Waals surface area (Å²) in [5.41, 5.74) is 2.68. The van der Waals surface area contributed by atoms with E-state index in [0.29, 0.717) is 11.3 Å². The van der Waals surface area contributed by atoms with Crippen LogP contribution in [-0.2, 0) is 4.74 Å². The molecule has 0 aromatic heterocycles. The van der Waals surface area contributed by atoms with Crippen molar-refractivity contribution in [3.8, 4) is 0 Å². The summed E-state index contributed by atoms with van der Waals surface area (Å²) in [7, 11) is 1.31. The molecule has 0 bridgehead atoms. The van der Waals surface area contributed by atoms with Crippen molar-refractivity contribution in [3.63, 3.8) is 0 Å². The third kappa shape index (κ3) is 3.71. The number of carbonyl (C=O) groups is 2. The zero-order valence-electron chi connectivity index (χ0n) is 12.0. The molecule has 1 aromatic carbocycles. The Kier molecular flexibility index (Phi) is 4.92. The van der Waals surface area contributed by atoms with Crippen molar-refractivity contribution in [1.29, 1.82) is 0 Å². The maximum absolute atomic E-state index is 11.8. The Bertz CT molecular complexity index is 496. The molecule has 0 spiro atoms. The molecule has 0 aliphatic heterocycles. The summed E-state index contributed by atoms with van der Waals surface area (Å²) in [6, 6.07) is 3.16. The number of nitrogens with one attached hydrogen (secondary N) is 2. The molecule has 5 nitrogen and oxygen atoms in total. The minimum absolute atomic E-state index is 0.0201. The van der Waals surface area contributed by atoms with Crippen LogP contribution in [0.5, 0.6) is 0 Å². The maximum Gasteiger partial charge on any atom is 0.339 e. The first-order valence-corrected chi connectivity index (χ1v) is 6.12. The Morgan fingerprint density at radius 1 is 1.21 bits per heavy atom. The van der Waals surface area contributed by atoms with Gasteiger partial charge in [-0.05, 0) is 44.9 Å². The van der Waals surface area contributed by atoms with Gasteiger partial charge < -0.3 is 15.4 Å². The largest absolute Gasteiger partial charge is 0.465 e. The maximum atomic E-state index is 11.8. The van der Waals surface area contributed by atoms with Crippen molar-refractivity contribution >= 4 is 17.7 Å². The number of anilines is 1. The van der Waals surface area contributed by atoms with Crippen LogP contribution in [0, 0.1) is 13.8 Å². The molecule has 5 heteroatoms. The molecule has 1 rings (SSSR count). The predicted molar refractivity (Wildman–Crippen MR) is 74.5 cm³/mol. The second kappa shape index (κ2) is 6.22. The van der Waals surface area contributed by atoms with Crippen molar-refractivity contribution in [2.45, 2.75) is 33.7 Å². The number of esters is 1. The lowest BCUT2D eigenvalue weighted by atomic mass is 10.0. The van der Waals surface area contributed by atoms with Crippen molar-refractivity contribution in [3.05, 3.63) is 28.8 Å². The van der Waals surface area contributed by atoms with E-state index in [2.05, 4.69) is 10.6 Å². The fourth-order valence-corrected chi connectivity index (χ4v) is 1.67. The molecule has 0 atom stereocenters. The summed E-state index contributed by atoms with van der Waals surface area (Å²) < 4.78 is 4.72. The number of hydrogen-bond acceptors (Lipinski definition) is 3. The average molecular weight is 264 g/mol. The van der Waals surface area contributed by atoms with Gasteiger partial charge in [0, 0.05) is 6.04 Å². The first-order chi connectivity index (χ1) is 8.86. The van der Waals surface area contributed by atoms with Gasteiger partial charge in [-0.1, -0.05) is 6.07 Å². The molecule has 2 amide bonds. The molecule has 0 saturated heterocycles. The Morgan fingerprint density at radius 3 is 2.37 bits per heavy atom. The number of amides is 2. The summed E-state index contributed by atoms with van der Waals surface area (Å²) in [5, 5.41) is 5.44. The Labute approximate surface area is 113 Å². The lowest BCUT2D eigenvalue weighted by Gasteiger charge is -2.16. The second-order valence-corrected chi connectivity index (χ2v) is 4.67. The van der Waals surface area contributed by atoms with Crippen LogP contribution in [-0.4, -0.2) is 25.2 Å². The summed E-state index contributed by atoms with van der Waals surface area (Å²) in [6.45, 7) is 7.50. The smallest absolute Gasteiger partial charge is 0.339 e. The van der Waals surface area contributed by atoms with E-state index in [1.165, 1.54) is 7.11 Å². The predicted octanol–water partition coefficient (Wildman–Crippen LogP) is 2.62. The quantitative estimate of drug-likeness (QED) is 0.825. The van der Waals surface area contributed by atoms with E-state index in [1.807, 2.05) is 33.8 Å². The van der Waals surface area contributed by atoms with E-state index in [1.54, 1.807) is 6.07 Å². The van der Waals surface area contributed by atoms with E-state index in [4.69, 9.17) is 4.74 Å². The topological polar surface area (TPSA) is 67.4 Å². The van der Waals surface area contributed by atoms with Crippen molar-refractivity contribution in [2.75, 3.05) is 12.4 Å². The highest BCUT2D eigenvalue weighted by atomic mass is 16.5. The number of rotatable bonds is 3. The molecule has 0 saturated carbocycles. The van der Waals surface area contributed by atoms with Gasteiger partial charge in [0.2, 0.25) is 0 Å². The molecule has 0 heterocycles. The second-order valence-electron chi connectivity index (χ2n) is 4.67. The van der Waals surface area contributed by atoms with Gasteiger partial charge in [0.1, 0.15) is 0 Å². The number of carbonyl (C=O) groups excluding carboxylic acids is 2. The normalized spacial score (nSPS) is 10.2. The van der Waals surface area contributed by atoms with Gasteiger partial charge in [0.15, 0.2) is 0 Å². The van der Waals surface area contributed by atoms with Gasteiger partial charge >= 0.3 is 12.0 Å². The summed E-state index contributed by atoms with van der Waals surface area (Å²) in [5.74, 6) is -0.469. The molecule has 0 aliphatic carbocycles. The van der Waals surface area contributed by atoms with Crippen LogP contribution in [0.1, 0.15) is 35.3 Å². The van der Waals surface area contributed by atoms with Gasteiger partial charge in [-0.25, -0.2) is 9.59 Å². The van der Waals surface area contributed by atoms with Crippen LogP contribution >= 0.6 is 0 Å². The third-order valence-corrected chi connectivity index (χ3v) is 2.80. The molecule has 0 fully saturated rings. The van der Waals surface area contributed by atoms with Crippen LogP contribution in [0.3, 0.4) is 0 Å². The Morgan fingerprint density at radius 2 is 1.84 bits per heavy atom. The van der Waals surface area contributed by atoms with E-state index >= 15 is 0 Å². The highest BCUT2D eigenvalue weighted by molar-refractivity contribution is 6.02. The minimum atomic E-state index is -0.469.